The number of carbonyl (C=O) groups excluding carboxylic acids is 3. The molecule has 1 saturated carbocycles. The van der Waals surface area contributed by atoms with Crippen molar-refractivity contribution in [2.45, 2.75) is 89.3 Å². The summed E-state index contributed by atoms with van der Waals surface area (Å²) < 4.78 is 0. The van der Waals surface area contributed by atoms with E-state index < -0.39 is 37.1 Å². The molecular formula is C19H35BN4O5. The summed E-state index contributed by atoms with van der Waals surface area (Å²) >= 11 is 0. The second-order valence-electron chi connectivity index (χ2n) is 8.28. The fraction of sp³-hybridized carbons (Fsp3) is 0.842. The first-order valence-corrected chi connectivity index (χ1v) is 10.8. The summed E-state index contributed by atoms with van der Waals surface area (Å²) in [5.74, 6) is -1.66. The molecule has 9 nitrogen and oxygen atoms in total. The van der Waals surface area contributed by atoms with Crippen LogP contribution in [0, 0.1) is 5.92 Å². The normalized spacial score (nSPS) is 23.2. The molecule has 4 unspecified atom stereocenters. The van der Waals surface area contributed by atoms with Crippen LogP contribution < -0.4 is 16.4 Å². The Kier molecular flexibility index (Phi) is 8.91. The monoisotopic (exact) mass is 410 g/mol. The smallest absolute Gasteiger partial charge is 0.426 e. The lowest BCUT2D eigenvalue weighted by Gasteiger charge is -2.30. The molecule has 1 aliphatic heterocycles. The van der Waals surface area contributed by atoms with Crippen molar-refractivity contribution >= 4 is 24.8 Å². The highest BCUT2D eigenvalue weighted by Gasteiger charge is 2.39. The minimum atomic E-state index is -1.60. The minimum absolute atomic E-state index is 0.140. The van der Waals surface area contributed by atoms with Crippen molar-refractivity contribution in [1.29, 1.82) is 0 Å². The molecule has 10 heteroatoms. The first-order chi connectivity index (χ1) is 13.8. The fourth-order valence-corrected chi connectivity index (χ4v) is 4.29. The molecule has 2 aliphatic rings. The summed E-state index contributed by atoms with van der Waals surface area (Å²) in [6.07, 6.45) is 6.72. The molecule has 0 bridgehead atoms. The van der Waals surface area contributed by atoms with Gasteiger partial charge in [0.1, 0.15) is 12.1 Å². The molecule has 164 valence electrons. The van der Waals surface area contributed by atoms with Gasteiger partial charge in [-0.25, -0.2) is 0 Å². The number of nitrogens with two attached hydrogens (primary N) is 1. The van der Waals surface area contributed by atoms with Crippen LogP contribution in [0.4, 0.5) is 0 Å². The SMILES string of the molecule is CCC(NC(=O)C(C)NC(=O)C(N)C1CCCCC1)C(=O)N1CCCC1B(O)O. The molecule has 0 spiro atoms. The largest absolute Gasteiger partial charge is 0.475 e. The van der Waals surface area contributed by atoms with Crippen LogP contribution in [-0.2, 0) is 14.4 Å². The van der Waals surface area contributed by atoms with E-state index in [2.05, 4.69) is 10.6 Å². The Labute approximate surface area is 172 Å². The lowest BCUT2D eigenvalue weighted by molar-refractivity contribution is -0.137. The molecule has 29 heavy (non-hydrogen) atoms. The number of likely N-dealkylation sites (tertiary alicyclic amines) is 1. The second kappa shape index (κ2) is 10.9. The lowest BCUT2D eigenvalue weighted by atomic mass is 9.77. The molecule has 2 fully saturated rings. The first-order valence-electron chi connectivity index (χ1n) is 10.8. The molecule has 1 heterocycles. The number of hydrogen-bond acceptors (Lipinski definition) is 6. The van der Waals surface area contributed by atoms with E-state index in [9.17, 15) is 24.4 Å². The van der Waals surface area contributed by atoms with Crippen molar-refractivity contribution < 1.29 is 24.4 Å². The number of nitrogens with one attached hydrogen (secondary N) is 2. The summed E-state index contributed by atoms with van der Waals surface area (Å²) in [6, 6.07) is -2.24. The van der Waals surface area contributed by atoms with E-state index in [1.165, 1.54) is 11.3 Å². The zero-order valence-corrected chi connectivity index (χ0v) is 17.5. The molecule has 0 radical (unpaired) electrons. The van der Waals surface area contributed by atoms with Crippen molar-refractivity contribution in [3.8, 4) is 0 Å². The molecule has 6 N–H and O–H groups in total. The predicted octanol–water partition coefficient (Wildman–Crippen LogP) is -0.703. The highest BCUT2D eigenvalue weighted by atomic mass is 16.4. The number of carbonyl (C=O) groups is 3. The van der Waals surface area contributed by atoms with Gasteiger partial charge in [-0.1, -0.05) is 26.2 Å². The van der Waals surface area contributed by atoms with Crippen LogP contribution in [0.2, 0.25) is 0 Å². The van der Waals surface area contributed by atoms with E-state index in [-0.39, 0.29) is 17.7 Å². The van der Waals surface area contributed by atoms with Gasteiger partial charge in [0.15, 0.2) is 0 Å². The molecule has 0 aromatic rings. The van der Waals surface area contributed by atoms with Crippen LogP contribution in [0.5, 0.6) is 0 Å². The molecule has 4 atom stereocenters. The van der Waals surface area contributed by atoms with Crippen molar-refractivity contribution in [2.24, 2.45) is 11.7 Å². The molecule has 2 rings (SSSR count). The Morgan fingerprint density at radius 2 is 1.72 bits per heavy atom. The van der Waals surface area contributed by atoms with Crippen LogP contribution in [0.1, 0.15) is 65.2 Å². The highest BCUT2D eigenvalue weighted by Crippen LogP contribution is 2.25. The van der Waals surface area contributed by atoms with Gasteiger partial charge in [-0.15, -0.1) is 0 Å². The van der Waals surface area contributed by atoms with Crippen LogP contribution in [0.3, 0.4) is 0 Å². The van der Waals surface area contributed by atoms with Gasteiger partial charge in [0.25, 0.3) is 0 Å². The Balaban J connectivity index is 1.89. The Morgan fingerprint density at radius 1 is 1.07 bits per heavy atom. The Morgan fingerprint density at radius 3 is 2.31 bits per heavy atom. The number of rotatable bonds is 8. The summed E-state index contributed by atoms with van der Waals surface area (Å²) in [5, 5.41) is 24.3. The van der Waals surface area contributed by atoms with Gasteiger partial charge >= 0.3 is 7.12 Å². The lowest BCUT2D eigenvalue weighted by Crippen LogP contribution is -2.57. The quantitative estimate of drug-likeness (QED) is 0.335. The molecule has 0 aromatic carbocycles. The van der Waals surface area contributed by atoms with Crippen LogP contribution >= 0.6 is 0 Å². The Hall–Kier alpha value is -1.65. The van der Waals surface area contributed by atoms with E-state index in [1.54, 1.807) is 13.8 Å². The number of hydrogen-bond donors (Lipinski definition) is 5. The third kappa shape index (κ3) is 6.17. The number of nitrogens with zero attached hydrogens (tertiary/aromatic N) is 1. The van der Waals surface area contributed by atoms with Crippen molar-refractivity contribution in [3.05, 3.63) is 0 Å². The van der Waals surface area contributed by atoms with E-state index in [0.717, 1.165) is 25.7 Å². The third-order valence-corrected chi connectivity index (χ3v) is 6.16. The van der Waals surface area contributed by atoms with Crippen molar-refractivity contribution in [1.82, 2.24) is 15.5 Å². The molecule has 1 aliphatic carbocycles. The topological polar surface area (TPSA) is 145 Å². The summed E-state index contributed by atoms with van der Waals surface area (Å²) in [6.45, 7) is 3.76. The average Bonchev–Trinajstić information content (AvgIpc) is 3.21. The summed E-state index contributed by atoms with van der Waals surface area (Å²) in [5.41, 5.74) is 6.09. The second-order valence-corrected chi connectivity index (χ2v) is 8.28. The molecule has 1 saturated heterocycles. The van der Waals surface area contributed by atoms with E-state index in [0.29, 0.717) is 25.8 Å². The summed E-state index contributed by atoms with van der Waals surface area (Å²) in [4.78, 5) is 39.2. The maximum absolute atomic E-state index is 12.8. The molecule has 3 amide bonds. The van der Waals surface area contributed by atoms with E-state index in [1.807, 2.05) is 0 Å². The van der Waals surface area contributed by atoms with Crippen LogP contribution in [-0.4, -0.2) is 70.4 Å². The molecule has 0 aromatic heterocycles. The van der Waals surface area contributed by atoms with Gasteiger partial charge in [-0.2, -0.15) is 0 Å². The van der Waals surface area contributed by atoms with Gasteiger partial charge < -0.3 is 31.3 Å². The zero-order chi connectivity index (χ0) is 21.6. The first kappa shape index (κ1) is 23.6. The van der Waals surface area contributed by atoms with Gasteiger partial charge in [0.05, 0.1) is 12.0 Å². The summed E-state index contributed by atoms with van der Waals surface area (Å²) in [7, 11) is -1.60. The van der Waals surface area contributed by atoms with Gasteiger partial charge in [-0.3, -0.25) is 14.4 Å². The van der Waals surface area contributed by atoms with Crippen molar-refractivity contribution in [2.75, 3.05) is 6.54 Å². The Bertz CT molecular complexity index is 585. The minimum Gasteiger partial charge on any atom is -0.426 e. The molecular weight excluding hydrogens is 375 g/mol. The number of amides is 3. The van der Waals surface area contributed by atoms with Crippen LogP contribution in [0.25, 0.3) is 0 Å². The van der Waals surface area contributed by atoms with Gasteiger partial charge in [0, 0.05) is 6.54 Å². The van der Waals surface area contributed by atoms with Gasteiger partial charge in [0.2, 0.25) is 17.7 Å². The van der Waals surface area contributed by atoms with Crippen molar-refractivity contribution in [3.63, 3.8) is 0 Å². The highest BCUT2D eigenvalue weighted by molar-refractivity contribution is 6.43. The average molecular weight is 410 g/mol. The maximum atomic E-state index is 12.8. The standard InChI is InChI=1S/C19H35BN4O5/c1-3-14(19(27)24-11-7-10-15(24)20(28)29)23-17(25)12(2)22-18(26)16(21)13-8-5-4-6-9-13/h12-16,28-29H,3-11,21H2,1-2H3,(H,22,26)(H,23,25). The van der Waals surface area contributed by atoms with Gasteiger partial charge in [-0.05, 0) is 44.9 Å². The maximum Gasteiger partial charge on any atom is 0.475 e. The van der Waals surface area contributed by atoms with E-state index >= 15 is 0 Å². The predicted molar refractivity (Wildman–Crippen MR) is 109 cm³/mol. The van der Waals surface area contributed by atoms with E-state index in [4.69, 9.17) is 5.73 Å². The fourth-order valence-electron chi connectivity index (χ4n) is 4.29. The third-order valence-electron chi connectivity index (χ3n) is 6.16. The van der Waals surface area contributed by atoms with Crippen LogP contribution in [0.15, 0.2) is 0 Å². The zero-order valence-electron chi connectivity index (χ0n) is 17.5.